The van der Waals surface area contributed by atoms with Crippen molar-refractivity contribution < 1.29 is 9.59 Å². The number of carbonyl (C=O) groups is 2. The third kappa shape index (κ3) is 4.37. The van der Waals surface area contributed by atoms with Crippen LogP contribution in [0.3, 0.4) is 0 Å². The van der Waals surface area contributed by atoms with Crippen molar-refractivity contribution in [1.29, 1.82) is 0 Å². The zero-order chi connectivity index (χ0) is 18.7. The van der Waals surface area contributed by atoms with Crippen LogP contribution in [0.5, 0.6) is 0 Å². The first-order valence-corrected chi connectivity index (χ1v) is 8.41. The van der Waals surface area contributed by atoms with Gasteiger partial charge in [0.15, 0.2) is 5.78 Å². The lowest BCUT2D eigenvalue weighted by Crippen LogP contribution is -2.34. The van der Waals surface area contributed by atoms with E-state index in [0.717, 1.165) is 33.8 Å². The molecule has 1 aromatic heterocycles. The predicted octanol–water partition coefficient (Wildman–Crippen LogP) is 3.01. The van der Waals surface area contributed by atoms with E-state index in [-0.39, 0.29) is 24.8 Å². The van der Waals surface area contributed by atoms with Crippen LogP contribution >= 0.6 is 0 Å². The minimum atomic E-state index is -0.120. The molecule has 0 spiro atoms. The number of likely N-dealkylation sites (N-methyl/N-ethyl adjacent to an activating group) is 1. The maximum Gasteiger partial charge on any atom is 0.238 e. The molecule has 2 aromatic rings. The van der Waals surface area contributed by atoms with Crippen molar-refractivity contribution in [2.24, 2.45) is 7.05 Å². The van der Waals surface area contributed by atoms with E-state index in [2.05, 4.69) is 5.32 Å². The molecule has 1 amide bonds. The highest BCUT2D eigenvalue weighted by atomic mass is 16.2. The Morgan fingerprint density at radius 1 is 1.12 bits per heavy atom. The van der Waals surface area contributed by atoms with E-state index >= 15 is 0 Å². The zero-order valence-electron chi connectivity index (χ0n) is 15.9. The minimum Gasteiger partial charge on any atom is -0.351 e. The molecule has 0 unspecified atom stereocenters. The molecule has 1 aromatic carbocycles. The van der Waals surface area contributed by atoms with Crippen LogP contribution in [0.4, 0.5) is 5.69 Å². The number of amides is 1. The Morgan fingerprint density at radius 2 is 1.80 bits per heavy atom. The number of ketones is 1. The fourth-order valence-electron chi connectivity index (χ4n) is 2.85. The lowest BCUT2D eigenvalue weighted by molar-refractivity contribution is -0.116. The molecule has 5 nitrogen and oxygen atoms in total. The average Bonchev–Trinajstić information content (AvgIpc) is 2.79. The zero-order valence-corrected chi connectivity index (χ0v) is 15.9. The van der Waals surface area contributed by atoms with Gasteiger partial charge in [-0.1, -0.05) is 12.1 Å². The van der Waals surface area contributed by atoms with Crippen LogP contribution in [0.25, 0.3) is 0 Å². The summed E-state index contributed by atoms with van der Waals surface area (Å²) in [5.74, 6) is -0.0896. The Kier molecular flexibility index (Phi) is 5.80. The Labute approximate surface area is 149 Å². The van der Waals surface area contributed by atoms with E-state index in [9.17, 15) is 9.59 Å². The van der Waals surface area contributed by atoms with E-state index in [1.165, 1.54) is 0 Å². The fraction of sp³-hybridized carbons (Fsp3) is 0.400. The first kappa shape index (κ1) is 18.9. The molecular formula is C20H27N3O2. The molecule has 0 aliphatic rings. The van der Waals surface area contributed by atoms with Crippen molar-refractivity contribution in [1.82, 2.24) is 9.47 Å². The van der Waals surface area contributed by atoms with Gasteiger partial charge in [0.25, 0.3) is 0 Å². The summed E-state index contributed by atoms with van der Waals surface area (Å²) >= 11 is 0. The molecule has 25 heavy (non-hydrogen) atoms. The van der Waals surface area contributed by atoms with Crippen molar-refractivity contribution in [3.05, 3.63) is 52.3 Å². The Morgan fingerprint density at radius 3 is 2.40 bits per heavy atom. The van der Waals surface area contributed by atoms with Crippen LogP contribution in [0.2, 0.25) is 0 Å². The number of nitrogens with one attached hydrogen (secondary N) is 1. The Hall–Kier alpha value is -2.40. The molecule has 134 valence electrons. The van der Waals surface area contributed by atoms with Crippen LogP contribution in [0, 0.1) is 27.7 Å². The van der Waals surface area contributed by atoms with Crippen molar-refractivity contribution in [3.8, 4) is 0 Å². The van der Waals surface area contributed by atoms with Gasteiger partial charge in [0, 0.05) is 29.7 Å². The average molecular weight is 341 g/mol. The summed E-state index contributed by atoms with van der Waals surface area (Å²) in [5, 5.41) is 2.92. The molecule has 0 aliphatic heterocycles. The number of hydrogen-bond acceptors (Lipinski definition) is 3. The highest BCUT2D eigenvalue weighted by Gasteiger charge is 2.17. The monoisotopic (exact) mass is 341 g/mol. The highest BCUT2D eigenvalue weighted by molar-refractivity contribution is 5.99. The maximum atomic E-state index is 12.5. The van der Waals surface area contributed by atoms with Crippen LogP contribution in [-0.4, -0.2) is 41.3 Å². The van der Waals surface area contributed by atoms with Gasteiger partial charge in [-0.2, -0.15) is 0 Å². The summed E-state index contributed by atoms with van der Waals surface area (Å²) in [4.78, 5) is 26.5. The van der Waals surface area contributed by atoms with Crippen molar-refractivity contribution >= 4 is 17.4 Å². The van der Waals surface area contributed by atoms with Gasteiger partial charge in [0.05, 0.1) is 13.1 Å². The van der Waals surface area contributed by atoms with Gasteiger partial charge in [0.1, 0.15) is 0 Å². The topological polar surface area (TPSA) is 54.3 Å². The number of nitrogens with zero attached hydrogens (tertiary/aromatic N) is 2. The third-order valence-corrected chi connectivity index (χ3v) is 4.78. The van der Waals surface area contributed by atoms with Crippen molar-refractivity contribution in [2.75, 3.05) is 25.5 Å². The normalized spacial score (nSPS) is 11.0. The van der Waals surface area contributed by atoms with Crippen LogP contribution < -0.4 is 5.32 Å². The second-order valence-corrected chi connectivity index (χ2v) is 6.73. The van der Waals surface area contributed by atoms with Gasteiger partial charge in [-0.25, -0.2) is 0 Å². The lowest BCUT2D eigenvalue weighted by Gasteiger charge is -2.16. The van der Waals surface area contributed by atoms with E-state index in [1.807, 2.05) is 63.6 Å². The molecule has 0 bridgehead atoms. The van der Waals surface area contributed by atoms with Gasteiger partial charge >= 0.3 is 0 Å². The van der Waals surface area contributed by atoms with E-state index in [1.54, 1.807) is 11.9 Å². The standard InChI is InChI=1S/C20H27N3O2/c1-13-8-7-9-18(15(13)3)21-20(25)12-22(5)11-19(24)17-10-14(2)23(6)16(17)4/h7-10H,11-12H2,1-6H3,(H,21,25). The highest BCUT2D eigenvalue weighted by Crippen LogP contribution is 2.18. The molecule has 2 rings (SSSR count). The summed E-state index contributed by atoms with van der Waals surface area (Å²) in [6.45, 7) is 8.30. The van der Waals surface area contributed by atoms with Crippen molar-refractivity contribution in [2.45, 2.75) is 27.7 Å². The SMILES string of the molecule is Cc1cccc(NC(=O)CN(C)CC(=O)c2cc(C)n(C)c2C)c1C. The largest absolute Gasteiger partial charge is 0.351 e. The van der Waals surface area contributed by atoms with Gasteiger partial charge in [-0.15, -0.1) is 0 Å². The molecule has 1 N–H and O–H groups in total. The van der Waals surface area contributed by atoms with Crippen LogP contribution in [0.15, 0.2) is 24.3 Å². The number of Topliss-reactive ketones (excluding diaryl/α,β-unsaturated/α-hetero) is 1. The molecule has 0 saturated carbocycles. The summed E-state index contributed by atoms with van der Waals surface area (Å²) in [6, 6.07) is 7.73. The first-order valence-electron chi connectivity index (χ1n) is 8.41. The molecule has 0 saturated heterocycles. The summed E-state index contributed by atoms with van der Waals surface area (Å²) in [6.07, 6.45) is 0. The second kappa shape index (κ2) is 7.66. The smallest absolute Gasteiger partial charge is 0.238 e. The van der Waals surface area contributed by atoms with E-state index in [0.29, 0.717) is 0 Å². The number of rotatable bonds is 6. The van der Waals surface area contributed by atoms with Crippen LogP contribution in [-0.2, 0) is 11.8 Å². The van der Waals surface area contributed by atoms with Gasteiger partial charge in [0.2, 0.25) is 5.91 Å². The summed E-state index contributed by atoms with van der Waals surface area (Å²) < 4.78 is 2.00. The summed E-state index contributed by atoms with van der Waals surface area (Å²) in [7, 11) is 3.73. The second-order valence-electron chi connectivity index (χ2n) is 6.73. The number of carbonyl (C=O) groups excluding carboxylic acids is 2. The number of benzene rings is 1. The van der Waals surface area contributed by atoms with E-state index in [4.69, 9.17) is 0 Å². The predicted molar refractivity (Wildman–Crippen MR) is 101 cm³/mol. The Balaban J connectivity index is 1.96. The minimum absolute atomic E-state index is 0.0308. The molecule has 0 radical (unpaired) electrons. The Bertz CT molecular complexity index is 806. The van der Waals surface area contributed by atoms with E-state index < -0.39 is 0 Å². The number of hydrogen-bond donors (Lipinski definition) is 1. The number of anilines is 1. The number of aryl methyl sites for hydroxylation is 2. The first-order chi connectivity index (χ1) is 11.7. The quantitative estimate of drug-likeness (QED) is 0.822. The molecule has 5 heteroatoms. The van der Waals surface area contributed by atoms with Crippen molar-refractivity contribution in [3.63, 3.8) is 0 Å². The molecule has 1 heterocycles. The third-order valence-electron chi connectivity index (χ3n) is 4.78. The van der Waals surface area contributed by atoms with Gasteiger partial charge in [-0.05, 0) is 58.0 Å². The molecule has 0 fully saturated rings. The van der Waals surface area contributed by atoms with Gasteiger partial charge < -0.3 is 9.88 Å². The molecule has 0 atom stereocenters. The maximum absolute atomic E-state index is 12.5. The fourth-order valence-corrected chi connectivity index (χ4v) is 2.85. The summed E-state index contributed by atoms with van der Waals surface area (Å²) in [5.41, 5.74) is 5.74. The van der Waals surface area contributed by atoms with Crippen LogP contribution in [0.1, 0.15) is 32.9 Å². The molecule has 0 aliphatic carbocycles. The lowest BCUT2D eigenvalue weighted by atomic mass is 10.1. The molecular weight excluding hydrogens is 314 g/mol. The van der Waals surface area contributed by atoms with Gasteiger partial charge in [-0.3, -0.25) is 14.5 Å². The number of aromatic nitrogens is 1.